The number of rotatable bonds is 4. The number of aryl methyl sites for hydroxylation is 2. The molecule has 0 spiro atoms. The zero-order valence-electron chi connectivity index (χ0n) is 11.0. The largest absolute Gasteiger partial charge is 0.330 e. The normalized spacial score (nSPS) is 21.3. The van der Waals surface area contributed by atoms with E-state index < -0.39 is 0 Å². The maximum Gasteiger partial charge on any atom is 0.106 e. The maximum absolute atomic E-state index is 4.75. The predicted molar refractivity (Wildman–Crippen MR) is 69.2 cm³/mol. The summed E-state index contributed by atoms with van der Waals surface area (Å²) in [6, 6.07) is 0.647. The number of fused-ring (bicyclic) bond motifs is 1. The Morgan fingerprint density at radius 3 is 2.82 bits per heavy atom. The molecule has 94 valence electrons. The molecule has 0 saturated heterocycles. The lowest BCUT2D eigenvalue weighted by atomic mass is 10.0. The van der Waals surface area contributed by atoms with E-state index in [0.29, 0.717) is 6.04 Å². The van der Waals surface area contributed by atoms with Crippen molar-refractivity contribution < 1.29 is 0 Å². The first-order chi connectivity index (χ1) is 8.29. The highest BCUT2D eigenvalue weighted by atomic mass is 15.1. The van der Waals surface area contributed by atoms with Crippen molar-refractivity contribution in [1.29, 1.82) is 0 Å². The number of aromatic nitrogens is 2. The van der Waals surface area contributed by atoms with Crippen LogP contribution in [0.25, 0.3) is 0 Å². The molecule has 1 fully saturated rings. The van der Waals surface area contributed by atoms with Crippen LogP contribution in [-0.2, 0) is 19.4 Å². The van der Waals surface area contributed by atoms with Crippen molar-refractivity contribution >= 4 is 0 Å². The van der Waals surface area contributed by atoms with Gasteiger partial charge >= 0.3 is 0 Å². The van der Waals surface area contributed by atoms with Crippen molar-refractivity contribution in [3.05, 3.63) is 17.2 Å². The minimum absolute atomic E-state index is 0.647. The molecule has 3 heteroatoms. The van der Waals surface area contributed by atoms with Gasteiger partial charge in [-0.3, -0.25) is 0 Å². The van der Waals surface area contributed by atoms with Crippen LogP contribution >= 0.6 is 0 Å². The summed E-state index contributed by atoms with van der Waals surface area (Å²) in [6.07, 6.45) is 7.89. The van der Waals surface area contributed by atoms with Gasteiger partial charge in [0.2, 0.25) is 0 Å². The molecule has 0 aromatic carbocycles. The van der Waals surface area contributed by atoms with Crippen LogP contribution in [0.3, 0.4) is 0 Å². The third kappa shape index (κ3) is 2.13. The highest BCUT2D eigenvalue weighted by molar-refractivity contribution is 5.20. The Morgan fingerprint density at radius 2 is 2.12 bits per heavy atom. The molecule has 1 unspecified atom stereocenters. The van der Waals surface area contributed by atoms with Gasteiger partial charge < -0.3 is 9.88 Å². The zero-order valence-corrected chi connectivity index (χ0v) is 11.0. The van der Waals surface area contributed by atoms with Crippen molar-refractivity contribution in [1.82, 2.24) is 14.9 Å². The Hall–Kier alpha value is -0.830. The predicted octanol–water partition coefficient (Wildman–Crippen LogP) is 2.07. The quantitative estimate of drug-likeness (QED) is 0.863. The van der Waals surface area contributed by atoms with Crippen LogP contribution in [0.5, 0.6) is 0 Å². The molecular formula is C14H23N3. The Balaban J connectivity index is 1.83. The van der Waals surface area contributed by atoms with Crippen molar-refractivity contribution in [2.24, 2.45) is 5.92 Å². The molecule has 0 amide bonds. The third-order valence-electron chi connectivity index (χ3n) is 4.36. The molecule has 17 heavy (non-hydrogen) atoms. The minimum Gasteiger partial charge on any atom is -0.330 e. The molecule has 3 rings (SSSR count). The molecule has 0 aliphatic heterocycles. The Kier molecular flexibility index (Phi) is 2.95. The molecule has 1 aromatic rings. The second-order valence-corrected chi connectivity index (χ2v) is 5.60. The van der Waals surface area contributed by atoms with Gasteiger partial charge in [0.1, 0.15) is 5.82 Å². The maximum atomic E-state index is 4.75. The molecule has 0 bridgehead atoms. The Morgan fingerprint density at radius 1 is 1.35 bits per heavy atom. The lowest BCUT2D eigenvalue weighted by Gasteiger charge is -2.20. The standard InChI is InChI=1S/C14H23N3/c1-10-16-12-5-3-4-6-14(12)17(10)9-13(15-2)11-7-8-11/h11,13,15H,3-9H2,1-2H3. The number of imidazole rings is 1. The fourth-order valence-electron chi connectivity index (χ4n) is 3.15. The van der Waals surface area contributed by atoms with E-state index in [4.69, 9.17) is 4.98 Å². The number of nitrogens with zero attached hydrogens (tertiary/aromatic N) is 2. The molecule has 3 nitrogen and oxygen atoms in total. The van der Waals surface area contributed by atoms with E-state index in [1.165, 1.54) is 55.7 Å². The summed E-state index contributed by atoms with van der Waals surface area (Å²) in [5, 5.41) is 3.49. The van der Waals surface area contributed by atoms with E-state index in [9.17, 15) is 0 Å². The average Bonchev–Trinajstić information content (AvgIpc) is 3.12. The number of hydrogen-bond donors (Lipinski definition) is 1. The van der Waals surface area contributed by atoms with E-state index in [0.717, 1.165) is 12.5 Å². The molecule has 2 aliphatic carbocycles. The van der Waals surface area contributed by atoms with E-state index in [-0.39, 0.29) is 0 Å². The highest BCUT2D eigenvalue weighted by Gasteiger charge is 2.31. The van der Waals surface area contributed by atoms with Crippen LogP contribution < -0.4 is 5.32 Å². The van der Waals surface area contributed by atoms with Crippen LogP contribution in [0.2, 0.25) is 0 Å². The first-order valence-corrected chi connectivity index (χ1v) is 7.01. The van der Waals surface area contributed by atoms with Crippen LogP contribution in [0.4, 0.5) is 0 Å². The lowest BCUT2D eigenvalue weighted by Crippen LogP contribution is -2.33. The van der Waals surface area contributed by atoms with Crippen LogP contribution in [-0.4, -0.2) is 22.6 Å². The number of likely N-dealkylation sites (N-methyl/N-ethyl adjacent to an activating group) is 1. The third-order valence-corrected chi connectivity index (χ3v) is 4.36. The number of nitrogens with one attached hydrogen (secondary N) is 1. The van der Waals surface area contributed by atoms with Gasteiger partial charge in [-0.25, -0.2) is 4.98 Å². The van der Waals surface area contributed by atoms with Gasteiger partial charge in [0, 0.05) is 18.3 Å². The summed E-state index contributed by atoms with van der Waals surface area (Å²) in [7, 11) is 2.10. The average molecular weight is 233 g/mol. The number of hydrogen-bond acceptors (Lipinski definition) is 2. The van der Waals surface area contributed by atoms with Crippen LogP contribution in [0.15, 0.2) is 0 Å². The fourth-order valence-corrected chi connectivity index (χ4v) is 3.15. The minimum atomic E-state index is 0.647. The van der Waals surface area contributed by atoms with Gasteiger partial charge in [-0.2, -0.15) is 0 Å². The van der Waals surface area contributed by atoms with Gasteiger partial charge in [-0.05, 0) is 58.4 Å². The first kappa shape index (κ1) is 11.3. The summed E-state index contributed by atoms with van der Waals surface area (Å²) in [6.45, 7) is 3.28. The van der Waals surface area contributed by atoms with Gasteiger partial charge in [0.25, 0.3) is 0 Å². The molecule has 1 heterocycles. The molecule has 2 aliphatic rings. The second-order valence-electron chi connectivity index (χ2n) is 5.60. The summed E-state index contributed by atoms with van der Waals surface area (Å²) in [4.78, 5) is 4.75. The molecule has 1 saturated carbocycles. The Labute approximate surface area is 104 Å². The van der Waals surface area contributed by atoms with Crippen molar-refractivity contribution in [2.75, 3.05) is 7.05 Å². The van der Waals surface area contributed by atoms with Gasteiger partial charge in [0.05, 0.1) is 5.69 Å². The summed E-state index contributed by atoms with van der Waals surface area (Å²) in [5.41, 5.74) is 2.90. The first-order valence-electron chi connectivity index (χ1n) is 7.01. The molecular weight excluding hydrogens is 210 g/mol. The van der Waals surface area contributed by atoms with E-state index in [2.05, 4.69) is 23.9 Å². The molecule has 1 N–H and O–H groups in total. The summed E-state index contributed by atoms with van der Waals surface area (Å²) in [5.74, 6) is 2.12. The van der Waals surface area contributed by atoms with E-state index >= 15 is 0 Å². The zero-order chi connectivity index (χ0) is 11.8. The van der Waals surface area contributed by atoms with E-state index in [1.54, 1.807) is 0 Å². The monoisotopic (exact) mass is 233 g/mol. The van der Waals surface area contributed by atoms with Crippen molar-refractivity contribution in [3.63, 3.8) is 0 Å². The fraction of sp³-hybridized carbons (Fsp3) is 0.786. The highest BCUT2D eigenvalue weighted by Crippen LogP contribution is 2.34. The molecule has 0 radical (unpaired) electrons. The molecule has 1 aromatic heterocycles. The smallest absolute Gasteiger partial charge is 0.106 e. The van der Waals surface area contributed by atoms with Crippen LogP contribution in [0.1, 0.15) is 42.9 Å². The summed E-state index contributed by atoms with van der Waals surface area (Å²) < 4.78 is 2.48. The SMILES string of the molecule is CNC(Cn1c(C)nc2c1CCCC2)C1CC1. The lowest BCUT2D eigenvalue weighted by molar-refractivity contribution is 0.422. The van der Waals surface area contributed by atoms with Gasteiger partial charge in [0.15, 0.2) is 0 Å². The summed E-state index contributed by atoms with van der Waals surface area (Å²) >= 11 is 0. The molecule has 1 atom stereocenters. The van der Waals surface area contributed by atoms with Gasteiger partial charge in [-0.1, -0.05) is 0 Å². The van der Waals surface area contributed by atoms with E-state index in [1.807, 2.05) is 0 Å². The van der Waals surface area contributed by atoms with Crippen molar-refractivity contribution in [3.8, 4) is 0 Å². The van der Waals surface area contributed by atoms with Crippen molar-refractivity contribution in [2.45, 2.75) is 58.0 Å². The Bertz CT molecular complexity index is 404. The van der Waals surface area contributed by atoms with Gasteiger partial charge in [-0.15, -0.1) is 0 Å². The second kappa shape index (κ2) is 4.45. The van der Waals surface area contributed by atoms with Crippen LogP contribution in [0, 0.1) is 12.8 Å². The topological polar surface area (TPSA) is 29.9 Å².